The highest BCUT2D eigenvalue weighted by atomic mass is 16.5. The van der Waals surface area contributed by atoms with Crippen LogP contribution in [0.15, 0.2) is 54.9 Å². The van der Waals surface area contributed by atoms with Crippen molar-refractivity contribution in [2.24, 2.45) is 0 Å². The van der Waals surface area contributed by atoms with Crippen LogP contribution < -0.4 is 15.0 Å². The van der Waals surface area contributed by atoms with Gasteiger partial charge in [-0.1, -0.05) is 18.2 Å². The number of anilines is 3. The number of pyridine rings is 1. The molecular weight excluding hydrogens is 436 g/mol. The summed E-state index contributed by atoms with van der Waals surface area (Å²) in [6, 6.07) is 15.1. The van der Waals surface area contributed by atoms with Gasteiger partial charge in [0.05, 0.1) is 12.2 Å². The minimum absolute atomic E-state index is 0.156. The third-order valence-corrected chi connectivity index (χ3v) is 7.03. The maximum Gasteiger partial charge on any atom is 0.145 e. The van der Waals surface area contributed by atoms with Crippen LogP contribution in [0.25, 0.3) is 10.9 Å². The second kappa shape index (κ2) is 9.82. The standard InChI is InChI=1S/C28H30N4O.CH2O/c1-18-5-3-6-22-20(16-30-28(18)22)12-14-32-17-19(2)33-27-15-21(9-10-26(27)32)31-25-11-13-29-24-8-4-7-23(24)25;1-2/h3,5-6,9-11,13,15-16,19,30H,4,7-8,12,14,17H2,1-2H3,(H,29,31);1H2/t19-;/m1./s1. The van der Waals surface area contributed by atoms with E-state index in [-0.39, 0.29) is 6.10 Å². The Hall–Kier alpha value is -3.80. The highest BCUT2D eigenvalue weighted by Gasteiger charge is 2.24. The maximum atomic E-state index is 8.00. The normalized spacial score (nSPS) is 16.2. The lowest BCUT2D eigenvalue weighted by atomic mass is 10.1. The molecule has 1 aliphatic heterocycles. The van der Waals surface area contributed by atoms with Crippen molar-refractivity contribution >= 4 is 34.8 Å². The molecule has 2 aromatic heterocycles. The first kappa shape index (κ1) is 23.0. The molecule has 6 heteroatoms. The van der Waals surface area contributed by atoms with E-state index in [9.17, 15) is 0 Å². The highest BCUT2D eigenvalue weighted by molar-refractivity contribution is 5.86. The molecule has 0 unspecified atom stereocenters. The molecule has 0 fully saturated rings. The Labute approximate surface area is 206 Å². The molecule has 0 amide bonds. The van der Waals surface area contributed by atoms with Crippen LogP contribution in [0.4, 0.5) is 17.1 Å². The summed E-state index contributed by atoms with van der Waals surface area (Å²) in [7, 11) is 0. The number of nitrogens with one attached hydrogen (secondary N) is 2. The Morgan fingerprint density at radius 3 is 2.97 bits per heavy atom. The number of carbonyl (C=O) groups excluding carboxylic acids is 1. The molecule has 1 atom stereocenters. The number of hydrogen-bond acceptors (Lipinski definition) is 5. The van der Waals surface area contributed by atoms with Gasteiger partial charge in [-0.15, -0.1) is 0 Å². The third-order valence-electron chi connectivity index (χ3n) is 7.03. The molecule has 2 aliphatic rings. The smallest absolute Gasteiger partial charge is 0.145 e. The zero-order chi connectivity index (χ0) is 24.4. The van der Waals surface area contributed by atoms with Gasteiger partial charge in [-0.2, -0.15) is 0 Å². The molecule has 35 heavy (non-hydrogen) atoms. The van der Waals surface area contributed by atoms with Gasteiger partial charge in [-0.3, -0.25) is 4.98 Å². The molecule has 3 heterocycles. The van der Waals surface area contributed by atoms with Crippen molar-refractivity contribution in [2.45, 2.75) is 45.6 Å². The molecule has 2 N–H and O–H groups in total. The number of ether oxygens (including phenoxy) is 1. The van der Waals surface area contributed by atoms with Crippen molar-refractivity contribution in [3.8, 4) is 5.75 Å². The molecule has 1 aliphatic carbocycles. The molecular formula is C29H32N4O2. The zero-order valence-electron chi connectivity index (χ0n) is 20.4. The van der Waals surface area contributed by atoms with Crippen molar-refractivity contribution in [1.29, 1.82) is 0 Å². The number of aromatic nitrogens is 2. The molecule has 2 aromatic carbocycles. The van der Waals surface area contributed by atoms with Gasteiger partial charge in [0.15, 0.2) is 0 Å². The van der Waals surface area contributed by atoms with Crippen LogP contribution in [0.2, 0.25) is 0 Å². The Bertz CT molecular complexity index is 1350. The van der Waals surface area contributed by atoms with Gasteiger partial charge in [0.1, 0.15) is 18.6 Å². The number of benzene rings is 2. The first-order valence-electron chi connectivity index (χ1n) is 12.3. The average molecular weight is 469 g/mol. The van der Waals surface area contributed by atoms with E-state index in [1.165, 1.54) is 51.1 Å². The molecule has 4 aromatic rings. The summed E-state index contributed by atoms with van der Waals surface area (Å²) in [4.78, 5) is 18.5. The monoisotopic (exact) mass is 468 g/mol. The summed E-state index contributed by atoms with van der Waals surface area (Å²) < 4.78 is 6.26. The summed E-state index contributed by atoms with van der Waals surface area (Å²) in [5.41, 5.74) is 9.93. The van der Waals surface area contributed by atoms with Crippen LogP contribution in [-0.2, 0) is 24.1 Å². The minimum Gasteiger partial charge on any atom is -0.487 e. The van der Waals surface area contributed by atoms with Crippen LogP contribution >= 0.6 is 0 Å². The molecule has 180 valence electrons. The van der Waals surface area contributed by atoms with E-state index < -0.39 is 0 Å². The Kier molecular flexibility index (Phi) is 6.45. The van der Waals surface area contributed by atoms with Crippen LogP contribution in [0.1, 0.15) is 35.7 Å². The van der Waals surface area contributed by atoms with Gasteiger partial charge in [-0.25, -0.2) is 0 Å². The van der Waals surface area contributed by atoms with Gasteiger partial charge in [-0.05, 0) is 74.4 Å². The van der Waals surface area contributed by atoms with Crippen molar-refractivity contribution in [2.75, 3.05) is 23.3 Å². The molecule has 0 radical (unpaired) electrons. The fourth-order valence-electron chi connectivity index (χ4n) is 5.38. The van der Waals surface area contributed by atoms with Gasteiger partial charge in [0.2, 0.25) is 0 Å². The molecule has 0 bridgehead atoms. The minimum atomic E-state index is 0.156. The number of carbonyl (C=O) groups is 1. The number of hydrogen-bond donors (Lipinski definition) is 2. The fraction of sp³-hybridized carbons (Fsp3) is 0.310. The van der Waals surface area contributed by atoms with Crippen molar-refractivity contribution in [3.05, 3.63) is 77.2 Å². The van der Waals surface area contributed by atoms with E-state index in [2.05, 4.69) is 82.7 Å². The number of aryl methyl sites for hydroxylation is 2. The summed E-state index contributed by atoms with van der Waals surface area (Å²) in [6.07, 6.45) is 8.62. The fourth-order valence-corrected chi connectivity index (χ4v) is 5.38. The molecule has 6 nitrogen and oxygen atoms in total. The SMILES string of the molecule is C=O.Cc1cccc2c(CCN3C[C@@H](C)Oc4cc(Nc5ccnc6c5CCC6)ccc43)c[nH]c12. The molecule has 0 spiro atoms. The predicted molar refractivity (Wildman–Crippen MR) is 142 cm³/mol. The molecule has 0 saturated heterocycles. The van der Waals surface area contributed by atoms with Crippen LogP contribution in [0.5, 0.6) is 5.75 Å². The number of aromatic amines is 1. The van der Waals surface area contributed by atoms with Crippen LogP contribution in [0, 0.1) is 6.92 Å². The van der Waals surface area contributed by atoms with Crippen molar-refractivity contribution in [3.63, 3.8) is 0 Å². The average Bonchev–Trinajstić information content (AvgIpc) is 3.52. The third kappa shape index (κ3) is 4.48. The summed E-state index contributed by atoms with van der Waals surface area (Å²) in [5, 5.41) is 4.96. The zero-order valence-corrected chi connectivity index (χ0v) is 20.4. The Morgan fingerprint density at radius 1 is 1.20 bits per heavy atom. The number of para-hydroxylation sites is 1. The lowest BCUT2D eigenvalue weighted by Crippen LogP contribution is -2.39. The van der Waals surface area contributed by atoms with E-state index in [1.54, 1.807) is 0 Å². The number of nitrogens with zero attached hydrogens (tertiary/aromatic N) is 2. The van der Waals surface area contributed by atoms with Crippen molar-refractivity contribution in [1.82, 2.24) is 9.97 Å². The van der Waals surface area contributed by atoms with Crippen LogP contribution in [0.3, 0.4) is 0 Å². The number of H-pyrrole nitrogens is 1. The van der Waals surface area contributed by atoms with Crippen LogP contribution in [-0.4, -0.2) is 36.0 Å². The molecule has 6 rings (SSSR count). The Balaban J connectivity index is 0.00000124. The number of rotatable bonds is 5. The van der Waals surface area contributed by atoms with Gasteiger partial charge in [0.25, 0.3) is 0 Å². The van der Waals surface area contributed by atoms with Crippen molar-refractivity contribution < 1.29 is 9.53 Å². The topological polar surface area (TPSA) is 70.2 Å². The summed E-state index contributed by atoms with van der Waals surface area (Å²) in [5.74, 6) is 0.958. The largest absolute Gasteiger partial charge is 0.487 e. The summed E-state index contributed by atoms with van der Waals surface area (Å²) >= 11 is 0. The van der Waals surface area contributed by atoms with E-state index in [0.717, 1.165) is 43.8 Å². The maximum absolute atomic E-state index is 8.00. The van der Waals surface area contributed by atoms with Gasteiger partial charge in [0, 0.05) is 53.0 Å². The summed E-state index contributed by atoms with van der Waals surface area (Å²) in [6.45, 7) is 8.18. The lowest BCUT2D eigenvalue weighted by molar-refractivity contribution is -0.0979. The van der Waals surface area contributed by atoms with E-state index in [4.69, 9.17) is 9.53 Å². The Morgan fingerprint density at radius 2 is 2.09 bits per heavy atom. The van der Waals surface area contributed by atoms with E-state index in [0.29, 0.717) is 0 Å². The first-order chi connectivity index (χ1) is 17.2. The lowest BCUT2D eigenvalue weighted by Gasteiger charge is -2.35. The highest BCUT2D eigenvalue weighted by Crippen LogP contribution is 2.38. The van der Waals surface area contributed by atoms with E-state index >= 15 is 0 Å². The number of fused-ring (bicyclic) bond motifs is 3. The van der Waals surface area contributed by atoms with Gasteiger partial charge < -0.3 is 24.7 Å². The predicted octanol–water partition coefficient (Wildman–Crippen LogP) is 5.75. The first-order valence-corrected chi connectivity index (χ1v) is 12.3. The second-order valence-electron chi connectivity index (χ2n) is 9.38. The van der Waals surface area contributed by atoms with E-state index in [1.807, 2.05) is 13.0 Å². The molecule has 0 saturated carbocycles. The van der Waals surface area contributed by atoms with Gasteiger partial charge >= 0.3 is 0 Å². The quantitative estimate of drug-likeness (QED) is 0.390. The second-order valence-corrected chi connectivity index (χ2v) is 9.38.